The fourth-order valence-corrected chi connectivity index (χ4v) is 3.05. The first-order chi connectivity index (χ1) is 7.56. The molecule has 0 spiro atoms. The molecule has 2 rings (SSSR count). The second-order valence-electron chi connectivity index (χ2n) is 3.78. The molecule has 0 unspecified atom stereocenters. The zero-order valence-electron chi connectivity index (χ0n) is 8.35. The molecule has 0 radical (unpaired) electrons. The molecular weight excluding hydrogens is 294 g/mol. The van der Waals surface area contributed by atoms with Crippen LogP contribution in [0.15, 0.2) is 15.9 Å². The van der Waals surface area contributed by atoms with Crippen LogP contribution in [0.5, 0.6) is 0 Å². The molecule has 16 heavy (non-hydrogen) atoms. The number of carbonyl (C=O) groups excluding carboxylic acids is 1. The first-order valence-electron chi connectivity index (χ1n) is 4.82. The van der Waals surface area contributed by atoms with E-state index in [1.165, 1.54) is 11.3 Å². The lowest BCUT2D eigenvalue weighted by Gasteiger charge is -2.38. The van der Waals surface area contributed by atoms with Crippen molar-refractivity contribution >= 4 is 39.1 Å². The highest BCUT2D eigenvalue weighted by atomic mass is 79.9. The molecule has 86 valence electrons. The summed E-state index contributed by atoms with van der Waals surface area (Å²) in [5, 5.41) is 8.59. The van der Waals surface area contributed by atoms with Crippen molar-refractivity contribution in [3.63, 3.8) is 0 Å². The maximum Gasteiger partial charge on any atom is 0.303 e. The van der Waals surface area contributed by atoms with Gasteiger partial charge in [-0.1, -0.05) is 0 Å². The lowest BCUT2D eigenvalue weighted by Crippen LogP contribution is -2.50. The molecule has 6 heteroatoms. The number of aliphatic carboxylic acids is 1. The molecule has 1 fully saturated rings. The van der Waals surface area contributed by atoms with Crippen LogP contribution in [-0.2, 0) is 4.79 Å². The third-order valence-corrected chi connectivity index (χ3v) is 4.10. The third-order valence-electron chi connectivity index (χ3n) is 2.49. The Kier molecular flexibility index (Phi) is 3.30. The zero-order valence-corrected chi connectivity index (χ0v) is 10.8. The van der Waals surface area contributed by atoms with Gasteiger partial charge in [0.25, 0.3) is 5.91 Å². The van der Waals surface area contributed by atoms with E-state index in [4.69, 9.17) is 5.11 Å². The van der Waals surface area contributed by atoms with E-state index >= 15 is 0 Å². The number of rotatable bonds is 3. The molecule has 1 aromatic heterocycles. The number of carbonyl (C=O) groups is 2. The highest BCUT2D eigenvalue weighted by Crippen LogP contribution is 2.27. The Balaban J connectivity index is 1.88. The fourth-order valence-electron chi connectivity index (χ4n) is 1.70. The fraction of sp³-hybridized carbons (Fsp3) is 0.400. The van der Waals surface area contributed by atoms with E-state index in [1.54, 1.807) is 11.0 Å². The molecule has 1 aromatic rings. The Bertz CT molecular complexity index is 425. The highest BCUT2D eigenvalue weighted by Gasteiger charge is 2.32. The van der Waals surface area contributed by atoms with Gasteiger partial charge in [-0.05, 0) is 28.1 Å². The van der Waals surface area contributed by atoms with Gasteiger partial charge in [-0.15, -0.1) is 11.3 Å². The molecule has 0 saturated carbocycles. The first kappa shape index (κ1) is 11.6. The summed E-state index contributed by atoms with van der Waals surface area (Å²) in [6.45, 7) is 1.11. The van der Waals surface area contributed by atoms with Crippen LogP contribution in [0.4, 0.5) is 0 Å². The minimum Gasteiger partial charge on any atom is -0.481 e. The van der Waals surface area contributed by atoms with Crippen molar-refractivity contribution in [2.75, 3.05) is 13.1 Å². The number of carboxylic acid groups (broad SMARTS) is 1. The Morgan fingerprint density at radius 1 is 1.50 bits per heavy atom. The normalized spacial score (nSPS) is 15.9. The van der Waals surface area contributed by atoms with Crippen LogP contribution in [-0.4, -0.2) is 35.0 Å². The van der Waals surface area contributed by atoms with Crippen LogP contribution < -0.4 is 0 Å². The lowest BCUT2D eigenvalue weighted by molar-refractivity contribution is -0.139. The minimum atomic E-state index is -0.795. The quantitative estimate of drug-likeness (QED) is 0.930. The summed E-state index contributed by atoms with van der Waals surface area (Å²) < 4.78 is 0.929. The predicted molar refractivity (Wildman–Crippen MR) is 63.7 cm³/mol. The number of hydrogen-bond donors (Lipinski definition) is 1. The number of thiophene rings is 1. The highest BCUT2D eigenvalue weighted by molar-refractivity contribution is 9.11. The SMILES string of the molecule is O=C(O)CC1CN(C(=O)c2ccc(Br)s2)C1. The Labute approximate surface area is 105 Å². The van der Waals surface area contributed by atoms with Gasteiger partial charge in [-0.2, -0.15) is 0 Å². The molecule has 1 aliphatic rings. The number of hydrogen-bond acceptors (Lipinski definition) is 3. The Morgan fingerprint density at radius 3 is 2.69 bits per heavy atom. The van der Waals surface area contributed by atoms with Gasteiger partial charge in [0.05, 0.1) is 15.1 Å². The average molecular weight is 304 g/mol. The van der Waals surface area contributed by atoms with Gasteiger partial charge >= 0.3 is 5.97 Å². The molecule has 0 bridgehead atoms. The van der Waals surface area contributed by atoms with Crippen LogP contribution in [0.1, 0.15) is 16.1 Å². The second kappa shape index (κ2) is 4.55. The monoisotopic (exact) mass is 303 g/mol. The van der Waals surface area contributed by atoms with E-state index in [1.807, 2.05) is 6.07 Å². The number of carboxylic acids is 1. The molecular formula is C10H10BrNO3S. The topological polar surface area (TPSA) is 57.6 Å². The van der Waals surface area contributed by atoms with Gasteiger partial charge in [0, 0.05) is 19.0 Å². The number of nitrogens with zero attached hydrogens (tertiary/aromatic N) is 1. The summed E-state index contributed by atoms with van der Waals surface area (Å²) in [6, 6.07) is 3.62. The number of halogens is 1. The van der Waals surface area contributed by atoms with E-state index in [0.29, 0.717) is 18.0 Å². The van der Waals surface area contributed by atoms with Gasteiger partial charge in [0.15, 0.2) is 0 Å². The third kappa shape index (κ3) is 2.44. The van der Waals surface area contributed by atoms with E-state index in [-0.39, 0.29) is 18.2 Å². The summed E-state index contributed by atoms with van der Waals surface area (Å²) in [5.74, 6) is -0.682. The van der Waals surface area contributed by atoms with Crippen molar-refractivity contribution in [3.05, 3.63) is 20.8 Å². The van der Waals surface area contributed by atoms with Crippen molar-refractivity contribution in [3.8, 4) is 0 Å². The minimum absolute atomic E-state index is 0.00246. The second-order valence-corrected chi connectivity index (χ2v) is 6.24. The van der Waals surface area contributed by atoms with Gasteiger partial charge in [-0.25, -0.2) is 0 Å². The Hall–Kier alpha value is -0.880. The van der Waals surface area contributed by atoms with Crippen molar-refractivity contribution in [1.29, 1.82) is 0 Å². The number of likely N-dealkylation sites (tertiary alicyclic amines) is 1. The molecule has 1 N–H and O–H groups in total. The molecule has 2 heterocycles. The van der Waals surface area contributed by atoms with E-state index in [0.717, 1.165) is 3.79 Å². The van der Waals surface area contributed by atoms with Crippen LogP contribution in [0, 0.1) is 5.92 Å². The van der Waals surface area contributed by atoms with Crippen LogP contribution in [0.3, 0.4) is 0 Å². The molecule has 1 amide bonds. The predicted octanol–water partition coefficient (Wildman–Crippen LogP) is 2.06. The largest absolute Gasteiger partial charge is 0.481 e. The summed E-state index contributed by atoms with van der Waals surface area (Å²) in [5.41, 5.74) is 0. The summed E-state index contributed by atoms with van der Waals surface area (Å²) in [4.78, 5) is 24.7. The van der Waals surface area contributed by atoms with E-state index in [2.05, 4.69) is 15.9 Å². The first-order valence-corrected chi connectivity index (χ1v) is 6.43. The molecule has 1 saturated heterocycles. The van der Waals surface area contributed by atoms with Crippen LogP contribution in [0.25, 0.3) is 0 Å². The lowest BCUT2D eigenvalue weighted by atomic mass is 9.96. The molecule has 0 atom stereocenters. The van der Waals surface area contributed by atoms with Gasteiger partial charge in [-0.3, -0.25) is 9.59 Å². The standard InChI is InChI=1S/C10H10BrNO3S/c11-8-2-1-7(16-8)10(15)12-4-6(5-12)3-9(13)14/h1-2,6H,3-5H2,(H,13,14). The van der Waals surface area contributed by atoms with Gasteiger partial charge in [0.2, 0.25) is 0 Å². The van der Waals surface area contributed by atoms with Gasteiger partial charge < -0.3 is 10.0 Å². The maximum absolute atomic E-state index is 11.8. The maximum atomic E-state index is 11.8. The van der Waals surface area contributed by atoms with Crippen LogP contribution >= 0.6 is 27.3 Å². The molecule has 0 aromatic carbocycles. The van der Waals surface area contributed by atoms with Crippen molar-refractivity contribution in [2.45, 2.75) is 6.42 Å². The molecule has 1 aliphatic heterocycles. The zero-order chi connectivity index (χ0) is 11.7. The summed E-state index contributed by atoms with van der Waals surface area (Å²) in [7, 11) is 0. The molecule has 0 aliphatic carbocycles. The number of amides is 1. The summed E-state index contributed by atoms with van der Waals surface area (Å²) >= 11 is 4.70. The van der Waals surface area contributed by atoms with Gasteiger partial charge in [0.1, 0.15) is 0 Å². The molecule has 4 nitrogen and oxygen atoms in total. The van der Waals surface area contributed by atoms with Crippen LogP contribution in [0.2, 0.25) is 0 Å². The van der Waals surface area contributed by atoms with Crippen molar-refractivity contribution in [1.82, 2.24) is 4.90 Å². The van der Waals surface area contributed by atoms with E-state index in [9.17, 15) is 9.59 Å². The van der Waals surface area contributed by atoms with Crippen molar-refractivity contribution in [2.24, 2.45) is 5.92 Å². The summed E-state index contributed by atoms with van der Waals surface area (Å²) in [6.07, 6.45) is 0.151. The smallest absolute Gasteiger partial charge is 0.303 e. The average Bonchev–Trinajstić information content (AvgIpc) is 2.56. The Morgan fingerprint density at radius 2 is 2.19 bits per heavy atom. The van der Waals surface area contributed by atoms with Crippen molar-refractivity contribution < 1.29 is 14.7 Å². The van der Waals surface area contributed by atoms with E-state index < -0.39 is 5.97 Å².